The number of amides is 1. The number of likely N-dealkylation sites (tertiary alicyclic amines) is 1. The summed E-state index contributed by atoms with van der Waals surface area (Å²) in [5.74, 6) is 2.57. The van der Waals surface area contributed by atoms with Gasteiger partial charge in [0, 0.05) is 20.0 Å². The number of aryl methyl sites for hydroxylation is 1. The largest absolute Gasteiger partial charge is 0.493 e. The van der Waals surface area contributed by atoms with E-state index in [1.165, 1.54) is 0 Å². The molecule has 1 fully saturated rings. The fourth-order valence-corrected chi connectivity index (χ4v) is 4.50. The number of fused-ring (bicyclic) bond motifs is 1. The number of imidazole rings is 1. The quantitative estimate of drug-likeness (QED) is 0.457. The van der Waals surface area contributed by atoms with Crippen molar-refractivity contribution in [1.82, 2.24) is 14.5 Å². The van der Waals surface area contributed by atoms with Crippen molar-refractivity contribution in [3.8, 4) is 11.5 Å². The second-order valence-electron chi connectivity index (χ2n) is 8.09. The summed E-state index contributed by atoms with van der Waals surface area (Å²) in [6.07, 6.45) is 6.82. The highest BCUT2D eigenvalue weighted by molar-refractivity contribution is 5.77. The Bertz CT molecular complexity index is 1120. The highest BCUT2D eigenvalue weighted by Gasteiger charge is 2.32. The number of para-hydroxylation sites is 2. The molecule has 4 rings (SSSR count). The molecule has 1 atom stereocenters. The number of ether oxygens (including phenoxy) is 2. The number of allylic oxidation sites excluding steroid dienone is 1. The van der Waals surface area contributed by atoms with Gasteiger partial charge in [-0.2, -0.15) is 0 Å². The average molecular weight is 434 g/mol. The van der Waals surface area contributed by atoms with Crippen molar-refractivity contribution in [1.29, 1.82) is 0 Å². The molecule has 1 aromatic heterocycles. The van der Waals surface area contributed by atoms with Crippen molar-refractivity contribution < 1.29 is 14.3 Å². The smallest absolute Gasteiger partial charge is 0.220 e. The lowest BCUT2D eigenvalue weighted by atomic mass is 10.2. The molecule has 0 N–H and O–H groups in total. The molecule has 2 aromatic carbocycles. The van der Waals surface area contributed by atoms with E-state index in [9.17, 15) is 4.79 Å². The number of carbonyl (C=O) groups excluding carboxylic acids is 1. The molecular weight excluding hydrogens is 402 g/mol. The number of rotatable bonds is 8. The predicted octanol–water partition coefficient (Wildman–Crippen LogP) is 5.23. The monoisotopic (exact) mass is 433 g/mol. The number of nitrogens with zero attached hydrogens (tertiary/aromatic N) is 3. The fraction of sp³-hybridized carbons (Fsp3) is 0.385. The van der Waals surface area contributed by atoms with Gasteiger partial charge in [-0.15, -0.1) is 0 Å². The second-order valence-corrected chi connectivity index (χ2v) is 8.09. The summed E-state index contributed by atoms with van der Waals surface area (Å²) in [6, 6.07) is 14.2. The van der Waals surface area contributed by atoms with Crippen molar-refractivity contribution in [3.63, 3.8) is 0 Å². The van der Waals surface area contributed by atoms with Crippen molar-refractivity contribution in [2.75, 3.05) is 20.3 Å². The van der Waals surface area contributed by atoms with Crippen molar-refractivity contribution in [2.45, 2.75) is 45.7 Å². The van der Waals surface area contributed by atoms with Crippen LogP contribution in [0.4, 0.5) is 0 Å². The minimum atomic E-state index is 0.0417. The van der Waals surface area contributed by atoms with Crippen LogP contribution in [0.3, 0.4) is 0 Å². The lowest BCUT2D eigenvalue weighted by molar-refractivity contribution is -0.129. The summed E-state index contributed by atoms with van der Waals surface area (Å²) < 4.78 is 13.8. The zero-order chi connectivity index (χ0) is 22.5. The summed E-state index contributed by atoms with van der Waals surface area (Å²) in [5, 5.41) is 0. The molecule has 32 heavy (non-hydrogen) atoms. The van der Waals surface area contributed by atoms with E-state index in [0.717, 1.165) is 66.3 Å². The first-order chi connectivity index (χ1) is 15.6. The lowest BCUT2D eigenvalue weighted by Gasteiger charge is -2.24. The molecule has 1 saturated heterocycles. The fourth-order valence-electron chi connectivity index (χ4n) is 4.50. The maximum atomic E-state index is 12.2. The first kappa shape index (κ1) is 21.9. The van der Waals surface area contributed by atoms with Crippen LogP contribution in [-0.2, 0) is 11.3 Å². The van der Waals surface area contributed by atoms with Crippen molar-refractivity contribution in [3.05, 3.63) is 59.9 Å². The highest BCUT2D eigenvalue weighted by Crippen LogP contribution is 2.34. The van der Waals surface area contributed by atoms with Crippen LogP contribution in [0.25, 0.3) is 17.1 Å². The minimum absolute atomic E-state index is 0.0417. The van der Waals surface area contributed by atoms with Crippen LogP contribution >= 0.6 is 0 Å². The van der Waals surface area contributed by atoms with Gasteiger partial charge in [0.2, 0.25) is 5.91 Å². The van der Waals surface area contributed by atoms with Gasteiger partial charge >= 0.3 is 0 Å². The zero-order valence-electron chi connectivity index (χ0n) is 19.1. The molecule has 6 heteroatoms. The maximum absolute atomic E-state index is 12.2. The number of hydrogen-bond donors (Lipinski definition) is 0. The van der Waals surface area contributed by atoms with Gasteiger partial charge in [0.1, 0.15) is 5.82 Å². The molecule has 2 heterocycles. The van der Waals surface area contributed by atoms with Gasteiger partial charge in [0.15, 0.2) is 11.5 Å². The van der Waals surface area contributed by atoms with Gasteiger partial charge in [-0.3, -0.25) is 4.79 Å². The summed E-state index contributed by atoms with van der Waals surface area (Å²) >= 11 is 0. The molecule has 0 radical (unpaired) electrons. The Hall–Kier alpha value is -3.28. The van der Waals surface area contributed by atoms with Crippen LogP contribution in [0.2, 0.25) is 0 Å². The van der Waals surface area contributed by atoms with Gasteiger partial charge in [-0.25, -0.2) is 4.98 Å². The third kappa shape index (κ3) is 4.49. The van der Waals surface area contributed by atoms with E-state index in [2.05, 4.69) is 10.6 Å². The molecule has 0 saturated carbocycles. The lowest BCUT2D eigenvalue weighted by Crippen LogP contribution is -2.30. The first-order valence-corrected chi connectivity index (χ1v) is 11.3. The molecule has 1 unspecified atom stereocenters. The number of methoxy groups -OCH3 is 1. The number of benzene rings is 2. The van der Waals surface area contributed by atoms with E-state index in [0.29, 0.717) is 6.61 Å². The van der Waals surface area contributed by atoms with Gasteiger partial charge in [-0.1, -0.05) is 30.4 Å². The van der Waals surface area contributed by atoms with E-state index in [4.69, 9.17) is 14.5 Å². The molecule has 0 aliphatic carbocycles. The highest BCUT2D eigenvalue weighted by atomic mass is 16.5. The summed E-state index contributed by atoms with van der Waals surface area (Å²) in [6.45, 7) is 5.78. The summed E-state index contributed by atoms with van der Waals surface area (Å²) in [7, 11) is 1.66. The topological polar surface area (TPSA) is 56.6 Å². The molecular formula is C26H31N3O3. The number of hydrogen-bond acceptors (Lipinski definition) is 4. The molecule has 0 bridgehead atoms. The first-order valence-electron chi connectivity index (χ1n) is 11.3. The van der Waals surface area contributed by atoms with Crippen LogP contribution in [0.1, 0.15) is 50.5 Å². The van der Waals surface area contributed by atoms with E-state index in [1.54, 1.807) is 14.0 Å². The number of aromatic nitrogens is 2. The van der Waals surface area contributed by atoms with Crippen LogP contribution in [0.15, 0.2) is 48.5 Å². The van der Waals surface area contributed by atoms with E-state index >= 15 is 0 Å². The van der Waals surface area contributed by atoms with Crippen LogP contribution in [0.5, 0.6) is 11.5 Å². The predicted molar refractivity (Wildman–Crippen MR) is 127 cm³/mol. The van der Waals surface area contributed by atoms with Gasteiger partial charge in [-0.05, 0) is 56.0 Å². The summed E-state index contributed by atoms with van der Waals surface area (Å²) in [4.78, 5) is 19.0. The van der Waals surface area contributed by atoms with Crippen LogP contribution in [0, 0.1) is 0 Å². The van der Waals surface area contributed by atoms with Crippen molar-refractivity contribution in [2.24, 2.45) is 0 Å². The van der Waals surface area contributed by atoms with E-state index in [-0.39, 0.29) is 11.9 Å². The molecule has 0 spiro atoms. The SMILES string of the molecule is CC=Cc1ccc(OCCCn2c(C3CCCN3C(C)=O)nc3ccccc32)c(OC)c1. The molecule has 3 aromatic rings. The Morgan fingerprint density at radius 1 is 1.22 bits per heavy atom. The Morgan fingerprint density at radius 2 is 2.06 bits per heavy atom. The van der Waals surface area contributed by atoms with Gasteiger partial charge < -0.3 is 18.9 Å². The second kappa shape index (κ2) is 9.90. The van der Waals surface area contributed by atoms with Crippen molar-refractivity contribution >= 4 is 23.0 Å². The van der Waals surface area contributed by atoms with Gasteiger partial charge in [0.25, 0.3) is 0 Å². The zero-order valence-corrected chi connectivity index (χ0v) is 19.1. The Balaban J connectivity index is 1.50. The minimum Gasteiger partial charge on any atom is -0.493 e. The normalized spacial score (nSPS) is 16.2. The summed E-state index contributed by atoms with van der Waals surface area (Å²) in [5.41, 5.74) is 3.16. The molecule has 1 aliphatic rings. The molecule has 168 valence electrons. The van der Waals surface area contributed by atoms with Gasteiger partial charge in [0.05, 0.1) is 30.8 Å². The average Bonchev–Trinajstić information content (AvgIpc) is 3.42. The Labute approximate surface area is 189 Å². The third-order valence-corrected chi connectivity index (χ3v) is 5.97. The van der Waals surface area contributed by atoms with Crippen LogP contribution < -0.4 is 9.47 Å². The Morgan fingerprint density at radius 3 is 2.84 bits per heavy atom. The standard InChI is InChI=1S/C26H31N3O3/c1-4-9-20-13-14-24(25(18-20)31-3)32-17-8-16-29-22-11-6-5-10-21(22)27-26(29)23-12-7-15-28(23)19(2)30/h4-6,9-11,13-14,18,23H,7-8,12,15-17H2,1-3H3. The Kier molecular flexibility index (Phi) is 6.78. The molecule has 6 nitrogen and oxygen atoms in total. The van der Waals surface area contributed by atoms with E-state index in [1.807, 2.05) is 60.4 Å². The molecule has 1 aliphatic heterocycles. The molecule has 1 amide bonds. The third-order valence-electron chi connectivity index (χ3n) is 5.97. The maximum Gasteiger partial charge on any atom is 0.220 e. The van der Waals surface area contributed by atoms with Crippen LogP contribution in [-0.4, -0.2) is 40.6 Å². The number of carbonyl (C=O) groups is 1. The van der Waals surface area contributed by atoms with E-state index < -0.39 is 0 Å².